The number of carbonyl (C=O) groups excluding carboxylic acids is 3. The Morgan fingerprint density at radius 1 is 1.17 bits per heavy atom. The van der Waals surface area contributed by atoms with Crippen LogP contribution in [0.1, 0.15) is 32.4 Å². The predicted octanol–water partition coefficient (Wildman–Crippen LogP) is -0.378. The van der Waals surface area contributed by atoms with Crippen LogP contribution >= 0.6 is 0 Å². The second-order valence-corrected chi connectivity index (χ2v) is 5.84. The van der Waals surface area contributed by atoms with Crippen LogP contribution in [0.5, 0.6) is 0 Å². The lowest BCUT2D eigenvalue weighted by Gasteiger charge is -2.30. The maximum absolute atomic E-state index is 12.8. The number of nitrogens with one attached hydrogen (secondary N) is 2. The van der Waals surface area contributed by atoms with E-state index in [-0.39, 0.29) is 5.92 Å². The number of carbonyl (C=O) groups is 3. The van der Waals surface area contributed by atoms with Gasteiger partial charge in [-0.3, -0.25) is 20.4 Å². The first-order valence-corrected chi connectivity index (χ1v) is 7.69. The van der Waals surface area contributed by atoms with E-state index in [0.717, 1.165) is 5.01 Å². The Hall–Kier alpha value is -2.29. The minimum absolute atomic E-state index is 0.0887. The van der Waals surface area contributed by atoms with Crippen molar-refractivity contribution in [1.29, 1.82) is 0 Å². The normalized spacial score (nSPS) is 14.6. The van der Waals surface area contributed by atoms with Gasteiger partial charge in [-0.15, -0.1) is 0 Å². The van der Waals surface area contributed by atoms with E-state index >= 15 is 0 Å². The summed E-state index contributed by atoms with van der Waals surface area (Å²) >= 11 is 0. The van der Waals surface area contributed by atoms with Crippen LogP contribution in [0.25, 0.3) is 0 Å². The molecular weight excluding hydrogens is 310 g/mol. The van der Waals surface area contributed by atoms with Crippen LogP contribution in [0.3, 0.4) is 0 Å². The molecule has 0 aliphatic rings. The SMILES string of the molecule is CC(C)C(N)C(=O)NC(C(=O)N(NN)C(C)C=O)c1ccccc1. The molecule has 6 N–H and O–H groups in total. The Bertz CT molecular complexity index is 564. The number of hydrogen-bond acceptors (Lipinski definition) is 6. The number of benzene rings is 1. The summed E-state index contributed by atoms with van der Waals surface area (Å²) in [6.07, 6.45) is 0.571. The summed E-state index contributed by atoms with van der Waals surface area (Å²) in [5.74, 6) is 4.26. The molecule has 0 aromatic heterocycles. The Morgan fingerprint density at radius 3 is 2.21 bits per heavy atom. The minimum Gasteiger partial charge on any atom is -0.339 e. The van der Waals surface area contributed by atoms with Gasteiger partial charge < -0.3 is 15.8 Å². The molecule has 0 aliphatic carbocycles. The molecule has 0 fully saturated rings. The lowest BCUT2D eigenvalue weighted by molar-refractivity contribution is -0.144. The van der Waals surface area contributed by atoms with Crippen LogP contribution in [-0.2, 0) is 14.4 Å². The first-order valence-electron chi connectivity index (χ1n) is 7.69. The number of hydrazine groups is 2. The van der Waals surface area contributed by atoms with Gasteiger partial charge in [-0.05, 0) is 18.4 Å². The van der Waals surface area contributed by atoms with Crippen molar-refractivity contribution in [3.8, 4) is 0 Å². The van der Waals surface area contributed by atoms with Crippen molar-refractivity contribution in [2.24, 2.45) is 17.5 Å². The Labute approximate surface area is 141 Å². The van der Waals surface area contributed by atoms with Crippen molar-refractivity contribution in [2.75, 3.05) is 0 Å². The van der Waals surface area contributed by atoms with E-state index in [9.17, 15) is 14.4 Å². The molecule has 1 aromatic rings. The largest absolute Gasteiger partial charge is 0.339 e. The van der Waals surface area contributed by atoms with Crippen molar-refractivity contribution in [3.63, 3.8) is 0 Å². The fraction of sp³-hybridized carbons (Fsp3) is 0.438. The third-order valence-corrected chi connectivity index (χ3v) is 3.67. The summed E-state index contributed by atoms with van der Waals surface area (Å²) in [5.41, 5.74) is 8.61. The molecule has 24 heavy (non-hydrogen) atoms. The van der Waals surface area contributed by atoms with E-state index in [1.165, 1.54) is 6.92 Å². The fourth-order valence-corrected chi connectivity index (χ4v) is 2.06. The molecule has 0 saturated heterocycles. The van der Waals surface area contributed by atoms with Gasteiger partial charge in [0, 0.05) is 0 Å². The maximum atomic E-state index is 12.8. The summed E-state index contributed by atoms with van der Waals surface area (Å²) in [4.78, 5) is 36.1. The van der Waals surface area contributed by atoms with Crippen LogP contribution in [0, 0.1) is 5.92 Å². The van der Waals surface area contributed by atoms with E-state index < -0.39 is 29.9 Å². The first kappa shape index (κ1) is 19.8. The molecule has 0 bridgehead atoms. The van der Waals surface area contributed by atoms with Crippen LogP contribution in [0.15, 0.2) is 30.3 Å². The van der Waals surface area contributed by atoms with Crippen molar-refractivity contribution >= 4 is 18.1 Å². The lowest BCUT2D eigenvalue weighted by Crippen LogP contribution is -2.57. The van der Waals surface area contributed by atoms with Gasteiger partial charge in [0.05, 0.1) is 6.04 Å². The molecule has 1 rings (SSSR count). The standard InChI is InChI=1S/C16H25N5O3/c1-10(2)13(17)15(23)19-14(12-7-5-4-6-8-12)16(24)21(20-18)11(3)9-22/h4-11,13-14,20H,17-18H2,1-3H3,(H,19,23). The predicted molar refractivity (Wildman–Crippen MR) is 89.8 cm³/mol. The van der Waals surface area contributed by atoms with Gasteiger partial charge in [0.1, 0.15) is 18.4 Å². The van der Waals surface area contributed by atoms with Crippen molar-refractivity contribution < 1.29 is 14.4 Å². The van der Waals surface area contributed by atoms with Crippen molar-refractivity contribution in [1.82, 2.24) is 15.9 Å². The third kappa shape index (κ3) is 4.85. The smallest absolute Gasteiger partial charge is 0.265 e. The molecule has 2 amide bonds. The number of amides is 2. The van der Waals surface area contributed by atoms with Gasteiger partial charge in [-0.25, -0.2) is 0 Å². The number of nitrogens with two attached hydrogens (primary N) is 2. The molecule has 0 saturated carbocycles. The van der Waals surface area contributed by atoms with E-state index in [4.69, 9.17) is 11.6 Å². The van der Waals surface area contributed by atoms with Gasteiger partial charge in [0.25, 0.3) is 5.91 Å². The molecule has 3 unspecified atom stereocenters. The average molecular weight is 335 g/mol. The summed E-state index contributed by atoms with van der Waals surface area (Å²) in [6.45, 7) is 5.13. The molecule has 8 heteroatoms. The van der Waals surface area contributed by atoms with Gasteiger partial charge >= 0.3 is 0 Å². The zero-order valence-electron chi connectivity index (χ0n) is 14.1. The third-order valence-electron chi connectivity index (χ3n) is 3.67. The van der Waals surface area contributed by atoms with E-state index in [1.807, 2.05) is 13.8 Å². The van der Waals surface area contributed by atoms with Gasteiger partial charge in [-0.2, -0.15) is 5.53 Å². The molecule has 1 aromatic carbocycles. The Kier molecular flexibility index (Phi) is 7.50. The topological polar surface area (TPSA) is 131 Å². The maximum Gasteiger partial charge on any atom is 0.265 e. The molecule has 3 atom stereocenters. The van der Waals surface area contributed by atoms with Crippen LogP contribution in [0.4, 0.5) is 0 Å². The highest BCUT2D eigenvalue weighted by Gasteiger charge is 2.31. The first-order chi connectivity index (χ1) is 11.3. The average Bonchev–Trinajstić information content (AvgIpc) is 2.59. The van der Waals surface area contributed by atoms with E-state index in [1.54, 1.807) is 30.3 Å². The van der Waals surface area contributed by atoms with Crippen molar-refractivity contribution in [2.45, 2.75) is 38.9 Å². The highest BCUT2D eigenvalue weighted by atomic mass is 16.2. The zero-order chi connectivity index (χ0) is 18.3. The van der Waals surface area contributed by atoms with Crippen LogP contribution < -0.4 is 22.4 Å². The van der Waals surface area contributed by atoms with E-state index in [0.29, 0.717) is 11.8 Å². The molecule has 132 valence electrons. The summed E-state index contributed by atoms with van der Waals surface area (Å²) < 4.78 is 0. The molecule has 0 aliphatic heterocycles. The summed E-state index contributed by atoms with van der Waals surface area (Å²) in [6, 6.07) is 6.10. The zero-order valence-corrected chi connectivity index (χ0v) is 14.1. The second kappa shape index (κ2) is 9.11. The van der Waals surface area contributed by atoms with Crippen molar-refractivity contribution in [3.05, 3.63) is 35.9 Å². The summed E-state index contributed by atoms with van der Waals surface area (Å²) in [5, 5.41) is 3.61. The molecule has 0 heterocycles. The Morgan fingerprint density at radius 2 is 1.75 bits per heavy atom. The second-order valence-electron chi connectivity index (χ2n) is 5.84. The summed E-state index contributed by atoms with van der Waals surface area (Å²) in [7, 11) is 0. The monoisotopic (exact) mass is 335 g/mol. The van der Waals surface area contributed by atoms with E-state index in [2.05, 4.69) is 10.9 Å². The fourth-order valence-electron chi connectivity index (χ4n) is 2.06. The highest BCUT2D eigenvalue weighted by Crippen LogP contribution is 2.17. The van der Waals surface area contributed by atoms with Gasteiger partial charge in [0.15, 0.2) is 0 Å². The molecular formula is C16H25N5O3. The number of nitrogens with zero attached hydrogens (tertiary/aromatic N) is 1. The van der Waals surface area contributed by atoms with Crippen LogP contribution in [-0.4, -0.2) is 35.2 Å². The number of rotatable bonds is 8. The number of aldehydes is 1. The van der Waals surface area contributed by atoms with Gasteiger partial charge in [-0.1, -0.05) is 44.2 Å². The van der Waals surface area contributed by atoms with Gasteiger partial charge in [0.2, 0.25) is 5.91 Å². The quantitative estimate of drug-likeness (QED) is 0.291. The minimum atomic E-state index is -1.01. The molecule has 0 radical (unpaired) electrons. The lowest BCUT2D eigenvalue weighted by atomic mass is 10.0. The molecule has 0 spiro atoms. The number of hydrogen-bond donors (Lipinski definition) is 4. The Balaban J connectivity index is 3.12. The highest BCUT2D eigenvalue weighted by molar-refractivity contribution is 5.91. The van der Waals surface area contributed by atoms with Crippen LogP contribution in [0.2, 0.25) is 0 Å². The molecule has 8 nitrogen and oxygen atoms in total.